The minimum absolute atomic E-state index is 0.00512. The van der Waals surface area contributed by atoms with Crippen molar-refractivity contribution in [3.05, 3.63) is 48.6 Å². The molecule has 5 heteroatoms. The molecule has 0 aromatic rings. The first kappa shape index (κ1) is 55.3. The first-order valence-electron chi connectivity index (χ1n) is 24.9. The van der Waals surface area contributed by atoms with Crippen molar-refractivity contribution in [1.82, 2.24) is 5.32 Å². The highest BCUT2D eigenvalue weighted by atomic mass is 16.3. The van der Waals surface area contributed by atoms with Gasteiger partial charge in [-0.2, -0.15) is 0 Å². The predicted molar refractivity (Wildman–Crippen MR) is 250 cm³/mol. The number of rotatable bonds is 45. The van der Waals surface area contributed by atoms with Gasteiger partial charge in [0.05, 0.1) is 31.3 Å². The van der Waals surface area contributed by atoms with Crippen molar-refractivity contribution in [1.29, 1.82) is 0 Å². The van der Waals surface area contributed by atoms with E-state index in [4.69, 9.17) is 0 Å². The summed E-state index contributed by atoms with van der Waals surface area (Å²) in [6.45, 7) is 4.15. The quantitative estimate of drug-likeness (QED) is 0.0365. The number of aliphatic hydroxyl groups excluding tert-OH is 3. The second kappa shape index (κ2) is 47.0. The summed E-state index contributed by atoms with van der Waals surface area (Å²) < 4.78 is 0. The lowest BCUT2D eigenvalue weighted by atomic mass is 10.0. The van der Waals surface area contributed by atoms with Crippen LogP contribution in [0.4, 0.5) is 0 Å². The zero-order valence-electron chi connectivity index (χ0n) is 38.0. The Bertz CT molecular complexity index is 927. The van der Waals surface area contributed by atoms with Crippen LogP contribution in [0.1, 0.15) is 251 Å². The number of carbonyl (C=O) groups excluding carboxylic acids is 1. The molecule has 0 saturated heterocycles. The van der Waals surface area contributed by atoms with Gasteiger partial charge in [-0.3, -0.25) is 4.79 Å². The van der Waals surface area contributed by atoms with Gasteiger partial charge in [-0.1, -0.05) is 229 Å². The molecule has 0 spiro atoms. The van der Waals surface area contributed by atoms with E-state index in [2.05, 4.69) is 55.6 Å². The average Bonchev–Trinajstić information content (AvgIpc) is 3.20. The minimum atomic E-state index is -0.950. The number of unbranched alkanes of at least 4 members (excludes halogenated alkanes) is 30. The molecule has 3 atom stereocenters. The predicted octanol–water partition coefficient (Wildman–Crippen LogP) is 14.9. The second-order valence-corrected chi connectivity index (χ2v) is 17.1. The zero-order chi connectivity index (χ0) is 41.5. The molecule has 5 nitrogen and oxygen atoms in total. The highest BCUT2D eigenvalue weighted by molar-refractivity contribution is 5.76. The van der Waals surface area contributed by atoms with E-state index in [1.165, 1.54) is 186 Å². The lowest BCUT2D eigenvalue weighted by Crippen LogP contribution is -2.45. The third-order valence-electron chi connectivity index (χ3n) is 11.3. The molecular formula is C52H97NO4. The fourth-order valence-electron chi connectivity index (χ4n) is 7.50. The first-order chi connectivity index (χ1) is 28.0. The van der Waals surface area contributed by atoms with E-state index in [0.717, 1.165) is 38.5 Å². The summed E-state index contributed by atoms with van der Waals surface area (Å²) in [4.78, 5) is 12.4. The van der Waals surface area contributed by atoms with E-state index in [-0.39, 0.29) is 18.9 Å². The fourth-order valence-corrected chi connectivity index (χ4v) is 7.50. The molecule has 334 valence electrons. The molecule has 0 aromatic carbocycles. The Balaban J connectivity index is 3.50. The molecule has 0 radical (unpaired) electrons. The molecule has 1 amide bonds. The van der Waals surface area contributed by atoms with Crippen LogP contribution in [-0.2, 0) is 4.79 Å². The Labute approximate surface area is 355 Å². The van der Waals surface area contributed by atoms with E-state index in [9.17, 15) is 20.1 Å². The Hall–Kier alpha value is -1.69. The number of aliphatic hydroxyl groups is 3. The van der Waals surface area contributed by atoms with Crippen LogP contribution >= 0.6 is 0 Å². The van der Waals surface area contributed by atoms with E-state index >= 15 is 0 Å². The topological polar surface area (TPSA) is 89.8 Å². The third kappa shape index (κ3) is 43.7. The molecule has 0 bridgehead atoms. The first-order valence-corrected chi connectivity index (χ1v) is 24.9. The van der Waals surface area contributed by atoms with Crippen molar-refractivity contribution < 1.29 is 20.1 Å². The van der Waals surface area contributed by atoms with Crippen LogP contribution < -0.4 is 5.32 Å². The smallest absolute Gasteiger partial charge is 0.222 e. The van der Waals surface area contributed by atoms with Gasteiger partial charge in [-0.15, -0.1) is 0 Å². The van der Waals surface area contributed by atoms with Gasteiger partial charge in [0.2, 0.25) is 5.91 Å². The SMILES string of the molecule is CCCCC/C=C/CC/C=C/C(O)C(CO)NC(=O)CC(O)CCCCCCCCCCCCCCCCC/C=C\C/C=C\CCCCCCCCCCCCC. The number of nitrogens with one attached hydrogen (secondary N) is 1. The van der Waals surface area contributed by atoms with Crippen molar-refractivity contribution in [2.75, 3.05) is 6.61 Å². The van der Waals surface area contributed by atoms with Crippen molar-refractivity contribution in [3.8, 4) is 0 Å². The molecule has 0 saturated carbocycles. The molecule has 0 aliphatic heterocycles. The Morgan fingerprint density at radius 2 is 0.807 bits per heavy atom. The largest absolute Gasteiger partial charge is 0.394 e. The number of allylic oxidation sites excluding steroid dienone is 7. The summed E-state index contributed by atoms with van der Waals surface area (Å²) in [5, 5.41) is 33.1. The molecule has 0 aliphatic rings. The number of carbonyl (C=O) groups is 1. The average molecular weight is 800 g/mol. The molecule has 57 heavy (non-hydrogen) atoms. The summed E-state index contributed by atoms with van der Waals surface area (Å²) >= 11 is 0. The standard InChI is InChI=1S/C52H97NO4/c1-3-5-7-9-11-13-14-15-16-17-18-19-20-21-22-23-24-25-26-27-28-29-30-31-32-33-34-35-36-38-39-41-43-45-49(55)47-52(57)53-50(48-54)51(56)46-44-42-40-37-12-10-8-6-4-2/h12,20-21,23-24,37,44,46,49-51,54-56H,3-11,13-19,22,25-36,38-43,45,47-48H2,1-2H3,(H,53,57)/b21-20-,24-23-,37-12+,46-44+. The van der Waals surface area contributed by atoms with Crippen LogP contribution in [0, 0.1) is 0 Å². The molecular weight excluding hydrogens is 703 g/mol. The summed E-state index contributed by atoms with van der Waals surface area (Å²) in [7, 11) is 0. The van der Waals surface area contributed by atoms with Gasteiger partial charge in [0.15, 0.2) is 0 Å². The molecule has 0 fully saturated rings. The summed E-state index contributed by atoms with van der Waals surface area (Å²) in [6.07, 6.45) is 61.6. The van der Waals surface area contributed by atoms with Gasteiger partial charge in [0.1, 0.15) is 0 Å². The van der Waals surface area contributed by atoms with E-state index in [1.54, 1.807) is 6.08 Å². The van der Waals surface area contributed by atoms with Gasteiger partial charge < -0.3 is 20.6 Å². The van der Waals surface area contributed by atoms with Crippen molar-refractivity contribution in [2.24, 2.45) is 0 Å². The molecule has 3 unspecified atom stereocenters. The number of hydrogen-bond donors (Lipinski definition) is 4. The van der Waals surface area contributed by atoms with Gasteiger partial charge in [-0.05, 0) is 64.2 Å². The Morgan fingerprint density at radius 3 is 1.26 bits per heavy atom. The van der Waals surface area contributed by atoms with Gasteiger partial charge >= 0.3 is 0 Å². The lowest BCUT2D eigenvalue weighted by Gasteiger charge is -2.21. The van der Waals surface area contributed by atoms with Gasteiger partial charge in [-0.25, -0.2) is 0 Å². The van der Waals surface area contributed by atoms with Gasteiger partial charge in [0, 0.05) is 0 Å². The highest BCUT2D eigenvalue weighted by Gasteiger charge is 2.20. The van der Waals surface area contributed by atoms with Crippen molar-refractivity contribution in [3.63, 3.8) is 0 Å². The van der Waals surface area contributed by atoms with Crippen molar-refractivity contribution >= 4 is 5.91 Å². The Morgan fingerprint density at radius 1 is 0.456 bits per heavy atom. The van der Waals surface area contributed by atoms with Crippen LogP contribution in [0.15, 0.2) is 48.6 Å². The molecule has 0 rings (SSSR count). The van der Waals surface area contributed by atoms with E-state index in [1.807, 2.05) is 6.08 Å². The van der Waals surface area contributed by atoms with E-state index < -0.39 is 18.2 Å². The fraction of sp³-hybridized carbons (Fsp3) is 0.827. The van der Waals surface area contributed by atoms with E-state index in [0.29, 0.717) is 6.42 Å². The molecule has 0 aliphatic carbocycles. The highest BCUT2D eigenvalue weighted by Crippen LogP contribution is 2.16. The molecule has 4 N–H and O–H groups in total. The maximum absolute atomic E-state index is 12.4. The third-order valence-corrected chi connectivity index (χ3v) is 11.3. The van der Waals surface area contributed by atoms with Gasteiger partial charge in [0.25, 0.3) is 0 Å². The van der Waals surface area contributed by atoms with Crippen molar-refractivity contribution in [2.45, 2.75) is 270 Å². The summed E-state index contributed by atoms with van der Waals surface area (Å²) in [5.74, 6) is -0.328. The van der Waals surface area contributed by atoms with Crippen LogP contribution in [0.3, 0.4) is 0 Å². The summed E-state index contributed by atoms with van der Waals surface area (Å²) in [5.41, 5.74) is 0. The monoisotopic (exact) mass is 800 g/mol. The van der Waals surface area contributed by atoms with Crippen LogP contribution in [0.2, 0.25) is 0 Å². The minimum Gasteiger partial charge on any atom is -0.394 e. The van der Waals surface area contributed by atoms with Crippen LogP contribution in [0.25, 0.3) is 0 Å². The number of amides is 1. The maximum atomic E-state index is 12.4. The zero-order valence-corrected chi connectivity index (χ0v) is 38.0. The van der Waals surface area contributed by atoms with Crippen LogP contribution in [-0.4, -0.2) is 46.1 Å². The Kier molecular flexibility index (Phi) is 45.6. The molecule has 0 heterocycles. The second-order valence-electron chi connectivity index (χ2n) is 17.1. The lowest BCUT2D eigenvalue weighted by molar-refractivity contribution is -0.124. The maximum Gasteiger partial charge on any atom is 0.222 e. The number of hydrogen-bond acceptors (Lipinski definition) is 4. The summed E-state index contributed by atoms with van der Waals surface area (Å²) in [6, 6.07) is -0.759. The normalized spacial score (nSPS) is 13.8. The van der Waals surface area contributed by atoms with Crippen LogP contribution in [0.5, 0.6) is 0 Å². The molecule has 0 aromatic heterocycles.